The third-order valence-electron chi connectivity index (χ3n) is 13.4. The summed E-state index contributed by atoms with van der Waals surface area (Å²) >= 11 is 1.45. The summed E-state index contributed by atoms with van der Waals surface area (Å²) < 4.78 is 15.7. The van der Waals surface area contributed by atoms with Gasteiger partial charge < -0.3 is 14.4 Å². The van der Waals surface area contributed by atoms with E-state index in [0.717, 1.165) is 90.5 Å². The third-order valence-corrected chi connectivity index (χ3v) is 14.3. The highest BCUT2D eigenvalue weighted by Gasteiger charge is 2.66. The molecule has 1 N–H and O–H groups in total. The number of hydrogen-bond acceptors (Lipinski definition) is 10. The van der Waals surface area contributed by atoms with Gasteiger partial charge in [-0.3, -0.25) is 14.8 Å². The molecular formula is C46H53N9O4S. The summed E-state index contributed by atoms with van der Waals surface area (Å²) in [6.07, 6.45) is 10.7. The number of para-hydroxylation sites is 1. The Hall–Kier alpha value is -5.30. The van der Waals surface area contributed by atoms with Crippen LogP contribution in [0.25, 0.3) is 31.8 Å². The number of anilines is 2. The molecule has 5 aliphatic rings. The zero-order valence-electron chi connectivity index (χ0n) is 35.0. The predicted octanol–water partition coefficient (Wildman–Crippen LogP) is 10.1. The zero-order valence-corrected chi connectivity index (χ0v) is 35.8. The molecule has 60 heavy (non-hydrogen) atoms. The standard InChI is InChI=1S/C46H53N9O4S/c1-5-6-19-58-41(57)39-32(34-21-49-55(30(34)2)29-45-24-43(3)23-44(4,25-45)27-46(26-43,28-45)59-20-17-48-53-47)14-15-38(51-39)54-18-16-31-10-9-11-33(35(31)22-54)40(56)52-42-50-36-12-7-8-13-37(36)60-42/h7-15,21H,5-6,16-20,22-29H2,1-4H3,(H,50,52,56). The molecule has 0 spiro atoms. The van der Waals surface area contributed by atoms with Crippen LogP contribution in [0.5, 0.6) is 0 Å². The Kier molecular flexibility index (Phi) is 10.4. The van der Waals surface area contributed by atoms with Crippen LogP contribution in [0.15, 0.2) is 65.9 Å². The molecular weight excluding hydrogens is 775 g/mol. The average molecular weight is 828 g/mol. The molecule has 10 rings (SSSR count). The molecule has 2 aromatic carbocycles. The number of hydrogen-bond donors (Lipinski definition) is 1. The van der Waals surface area contributed by atoms with Crippen molar-refractivity contribution < 1.29 is 19.1 Å². The van der Waals surface area contributed by atoms with Crippen LogP contribution in [0.1, 0.15) is 110 Å². The van der Waals surface area contributed by atoms with Crippen LogP contribution in [-0.2, 0) is 29.0 Å². The van der Waals surface area contributed by atoms with Gasteiger partial charge in [0.15, 0.2) is 10.8 Å². The van der Waals surface area contributed by atoms with Crippen LogP contribution in [0.4, 0.5) is 10.9 Å². The molecule has 1 amide bonds. The van der Waals surface area contributed by atoms with Crippen molar-refractivity contribution in [3.05, 3.63) is 99.3 Å². The van der Waals surface area contributed by atoms with Gasteiger partial charge in [0, 0.05) is 53.5 Å². The Morgan fingerprint density at radius 3 is 2.57 bits per heavy atom. The SMILES string of the molecule is CCCCOC(=O)c1nc(N2CCc3cccc(C(=O)Nc4nc5ccccc5s4)c3C2)ccc1-c1cnn(CC23CC4(C)CC(C)(C2)CC(OCCN=[N+]=[N-])(C4)C3)c1C. The Bertz CT molecular complexity index is 2470. The lowest BCUT2D eigenvalue weighted by molar-refractivity contribution is -0.247. The number of rotatable bonds is 14. The molecule has 2 atom stereocenters. The summed E-state index contributed by atoms with van der Waals surface area (Å²) in [6.45, 7) is 12.0. The van der Waals surface area contributed by atoms with Crippen molar-refractivity contribution in [1.82, 2.24) is 19.7 Å². The molecule has 0 saturated heterocycles. The molecule has 2 unspecified atom stereocenters. The first kappa shape index (κ1) is 40.1. The number of nitrogens with one attached hydrogen (secondary N) is 1. The third kappa shape index (κ3) is 7.65. The zero-order chi connectivity index (χ0) is 41.7. The van der Waals surface area contributed by atoms with E-state index in [1.165, 1.54) is 17.8 Å². The number of carbonyl (C=O) groups excluding carboxylic acids is 2. The van der Waals surface area contributed by atoms with E-state index in [0.29, 0.717) is 54.9 Å². The van der Waals surface area contributed by atoms with Crippen LogP contribution in [-0.4, -0.2) is 63.5 Å². The number of unbranched alkanes of at least 4 members (excludes halogenated alkanes) is 1. The van der Waals surface area contributed by atoms with E-state index in [4.69, 9.17) is 25.1 Å². The Morgan fingerprint density at radius 1 is 0.967 bits per heavy atom. The highest BCUT2D eigenvalue weighted by atomic mass is 32.1. The quantitative estimate of drug-likeness (QED) is 0.0381. The number of ether oxygens (including phenoxy) is 2. The summed E-state index contributed by atoms with van der Waals surface area (Å²) in [5.41, 5.74) is 15.3. The molecule has 4 fully saturated rings. The number of nitrogens with zero attached hydrogens (tertiary/aromatic N) is 8. The second kappa shape index (κ2) is 15.6. The number of thiazole rings is 1. The van der Waals surface area contributed by atoms with Gasteiger partial charge in [-0.25, -0.2) is 14.8 Å². The van der Waals surface area contributed by atoms with Crippen LogP contribution >= 0.6 is 11.3 Å². The molecule has 1 aliphatic heterocycles. The van der Waals surface area contributed by atoms with E-state index >= 15 is 0 Å². The number of azide groups is 1. The van der Waals surface area contributed by atoms with Crippen LogP contribution in [0.3, 0.4) is 0 Å². The maximum Gasteiger partial charge on any atom is 0.357 e. The van der Waals surface area contributed by atoms with Crippen molar-refractivity contribution >= 4 is 44.4 Å². The van der Waals surface area contributed by atoms with E-state index in [-0.39, 0.29) is 33.4 Å². The lowest BCUT2D eigenvalue weighted by Gasteiger charge is -2.69. The van der Waals surface area contributed by atoms with E-state index < -0.39 is 5.97 Å². The van der Waals surface area contributed by atoms with Gasteiger partial charge in [-0.15, -0.1) is 0 Å². The summed E-state index contributed by atoms with van der Waals surface area (Å²) in [5.74, 6) is -0.00452. The second-order valence-electron chi connectivity index (χ2n) is 18.6. The van der Waals surface area contributed by atoms with E-state index in [1.54, 1.807) is 0 Å². The smallest absolute Gasteiger partial charge is 0.357 e. The molecule has 5 aromatic rings. The van der Waals surface area contributed by atoms with Crippen molar-refractivity contribution in [1.29, 1.82) is 0 Å². The predicted molar refractivity (Wildman–Crippen MR) is 233 cm³/mol. The van der Waals surface area contributed by atoms with Crippen molar-refractivity contribution in [2.45, 2.75) is 104 Å². The minimum atomic E-state index is -0.456. The first-order chi connectivity index (χ1) is 28.9. The number of amides is 1. The Balaban J connectivity index is 0.990. The van der Waals surface area contributed by atoms with Crippen LogP contribution in [0, 0.1) is 23.2 Å². The van der Waals surface area contributed by atoms with E-state index in [9.17, 15) is 9.59 Å². The van der Waals surface area contributed by atoms with E-state index in [2.05, 4.69) is 63.7 Å². The van der Waals surface area contributed by atoms with Gasteiger partial charge in [-0.05, 0) is 122 Å². The maximum absolute atomic E-state index is 14.0. The summed E-state index contributed by atoms with van der Waals surface area (Å²) in [6, 6.07) is 17.7. The monoisotopic (exact) mass is 827 g/mol. The molecule has 4 bridgehead atoms. The van der Waals surface area contributed by atoms with Gasteiger partial charge in [0.05, 0.1) is 35.2 Å². The highest BCUT2D eigenvalue weighted by Crippen LogP contribution is 2.72. The fourth-order valence-corrected chi connectivity index (χ4v) is 13.0. The second-order valence-corrected chi connectivity index (χ2v) is 19.6. The van der Waals surface area contributed by atoms with Gasteiger partial charge in [-0.1, -0.05) is 67.9 Å². The lowest BCUT2D eigenvalue weighted by Crippen LogP contribution is -2.64. The number of fused-ring (bicyclic) bond motifs is 2. The first-order valence-electron chi connectivity index (χ1n) is 21.3. The molecule has 14 heteroatoms. The topological polar surface area (TPSA) is 160 Å². The summed E-state index contributed by atoms with van der Waals surface area (Å²) in [5, 5.41) is 12.3. The van der Waals surface area contributed by atoms with Crippen molar-refractivity contribution in [2.75, 3.05) is 36.5 Å². The van der Waals surface area contributed by atoms with Crippen LogP contribution < -0.4 is 10.2 Å². The highest BCUT2D eigenvalue weighted by molar-refractivity contribution is 7.22. The minimum absolute atomic E-state index is 0.00349. The fraction of sp³-hybridized carbons (Fsp3) is 0.500. The van der Waals surface area contributed by atoms with Crippen LogP contribution in [0.2, 0.25) is 0 Å². The van der Waals surface area contributed by atoms with Gasteiger partial charge in [0.1, 0.15) is 5.82 Å². The fourth-order valence-electron chi connectivity index (χ4n) is 12.1. The minimum Gasteiger partial charge on any atom is -0.461 e. The normalized spacial score (nSPS) is 25.2. The average Bonchev–Trinajstić information content (AvgIpc) is 3.79. The number of carbonyl (C=O) groups is 2. The maximum atomic E-state index is 14.0. The number of benzene rings is 2. The lowest BCUT2D eigenvalue weighted by atomic mass is 9.39. The van der Waals surface area contributed by atoms with Crippen molar-refractivity contribution in [3.8, 4) is 11.1 Å². The van der Waals surface area contributed by atoms with E-state index in [1.807, 2.05) is 54.7 Å². The number of pyridine rings is 1. The van der Waals surface area contributed by atoms with Gasteiger partial charge >= 0.3 is 5.97 Å². The molecule has 4 heterocycles. The summed E-state index contributed by atoms with van der Waals surface area (Å²) in [4.78, 5) is 42.4. The Morgan fingerprint density at radius 2 is 1.78 bits per heavy atom. The molecule has 13 nitrogen and oxygen atoms in total. The van der Waals surface area contributed by atoms with Gasteiger partial charge in [0.25, 0.3) is 5.91 Å². The Labute approximate surface area is 354 Å². The number of aromatic nitrogens is 4. The molecule has 3 aromatic heterocycles. The molecule has 4 saturated carbocycles. The largest absolute Gasteiger partial charge is 0.461 e. The number of esters is 1. The van der Waals surface area contributed by atoms with Crippen molar-refractivity contribution in [3.63, 3.8) is 0 Å². The molecule has 312 valence electrons. The summed E-state index contributed by atoms with van der Waals surface area (Å²) in [7, 11) is 0. The molecule has 4 aliphatic carbocycles. The first-order valence-corrected chi connectivity index (χ1v) is 22.1. The molecule has 0 radical (unpaired) electrons. The van der Waals surface area contributed by atoms with Gasteiger partial charge in [0.2, 0.25) is 0 Å². The van der Waals surface area contributed by atoms with Crippen molar-refractivity contribution in [2.24, 2.45) is 21.4 Å². The van der Waals surface area contributed by atoms with Gasteiger partial charge in [-0.2, -0.15) is 5.10 Å².